The Hall–Kier alpha value is -0.0800. The average Bonchev–Trinajstić information content (AvgIpc) is 2.53. The number of likely N-dealkylation sites (tertiary alicyclic amines) is 1. The van der Waals surface area contributed by atoms with Gasteiger partial charge in [0.05, 0.1) is 0 Å². The summed E-state index contributed by atoms with van der Waals surface area (Å²) in [6, 6.07) is 1.62. The highest BCUT2D eigenvalue weighted by atomic mass is 15.2. The van der Waals surface area contributed by atoms with E-state index in [0.717, 1.165) is 12.1 Å². The highest BCUT2D eigenvalue weighted by Gasteiger charge is 2.22. The SMILES string of the molecule is CN1CC[C@@H](NC2CCCCC2)C1. The highest BCUT2D eigenvalue weighted by molar-refractivity contribution is 4.83. The van der Waals surface area contributed by atoms with Crippen molar-refractivity contribution >= 4 is 0 Å². The lowest BCUT2D eigenvalue weighted by Gasteiger charge is -2.26. The van der Waals surface area contributed by atoms with Crippen LogP contribution in [0.5, 0.6) is 0 Å². The third-order valence-electron chi connectivity index (χ3n) is 3.47. The Morgan fingerprint density at radius 1 is 1.00 bits per heavy atom. The van der Waals surface area contributed by atoms with Crippen LogP contribution >= 0.6 is 0 Å². The molecule has 0 aromatic rings. The van der Waals surface area contributed by atoms with E-state index in [1.54, 1.807) is 0 Å². The molecule has 1 aliphatic carbocycles. The summed E-state index contributed by atoms with van der Waals surface area (Å²) in [4.78, 5) is 2.43. The third-order valence-corrected chi connectivity index (χ3v) is 3.47. The lowest BCUT2D eigenvalue weighted by molar-refractivity contribution is 0.328. The zero-order valence-electron chi connectivity index (χ0n) is 8.76. The molecule has 2 aliphatic rings. The fourth-order valence-corrected chi connectivity index (χ4v) is 2.67. The minimum absolute atomic E-state index is 0.785. The Balaban J connectivity index is 1.71. The maximum atomic E-state index is 3.81. The summed E-state index contributed by atoms with van der Waals surface area (Å²) < 4.78 is 0. The van der Waals surface area contributed by atoms with Crippen LogP contribution in [0.4, 0.5) is 0 Å². The Kier molecular flexibility index (Phi) is 3.23. The standard InChI is InChI=1S/C11H22N2/c1-13-8-7-11(9-13)12-10-5-3-2-4-6-10/h10-12H,2-9H2,1H3/t11-/m1/s1. The van der Waals surface area contributed by atoms with Gasteiger partial charge in [-0.3, -0.25) is 0 Å². The quantitative estimate of drug-likeness (QED) is 0.698. The highest BCUT2D eigenvalue weighted by Crippen LogP contribution is 2.19. The molecular weight excluding hydrogens is 160 g/mol. The number of nitrogens with one attached hydrogen (secondary N) is 1. The molecule has 0 aromatic carbocycles. The van der Waals surface area contributed by atoms with Crippen LogP contribution in [0.3, 0.4) is 0 Å². The van der Waals surface area contributed by atoms with Gasteiger partial charge in [-0.05, 0) is 32.9 Å². The number of rotatable bonds is 2. The predicted octanol–water partition coefficient (Wildman–Crippen LogP) is 1.61. The lowest BCUT2D eigenvalue weighted by atomic mass is 9.95. The first kappa shape index (κ1) is 9.47. The summed E-state index contributed by atoms with van der Waals surface area (Å²) in [5.41, 5.74) is 0. The zero-order chi connectivity index (χ0) is 9.10. The molecule has 0 spiro atoms. The van der Waals surface area contributed by atoms with E-state index in [1.807, 2.05) is 0 Å². The molecule has 0 aromatic heterocycles. The number of hydrogen-bond acceptors (Lipinski definition) is 2. The second-order valence-corrected chi connectivity index (χ2v) is 4.75. The van der Waals surface area contributed by atoms with Crippen molar-refractivity contribution in [3.8, 4) is 0 Å². The molecule has 0 radical (unpaired) electrons. The molecule has 1 saturated heterocycles. The molecule has 13 heavy (non-hydrogen) atoms. The minimum atomic E-state index is 0.785. The van der Waals surface area contributed by atoms with Crippen molar-refractivity contribution in [2.45, 2.75) is 50.6 Å². The van der Waals surface area contributed by atoms with E-state index in [4.69, 9.17) is 0 Å². The van der Waals surface area contributed by atoms with Crippen LogP contribution in [-0.2, 0) is 0 Å². The van der Waals surface area contributed by atoms with Crippen molar-refractivity contribution in [1.82, 2.24) is 10.2 Å². The minimum Gasteiger partial charge on any atom is -0.310 e. The van der Waals surface area contributed by atoms with Crippen molar-refractivity contribution in [2.24, 2.45) is 0 Å². The van der Waals surface area contributed by atoms with Gasteiger partial charge >= 0.3 is 0 Å². The topological polar surface area (TPSA) is 15.3 Å². The molecule has 2 heteroatoms. The first-order chi connectivity index (χ1) is 6.34. The first-order valence-electron chi connectivity index (χ1n) is 5.79. The molecule has 2 fully saturated rings. The molecule has 2 rings (SSSR count). The van der Waals surface area contributed by atoms with Crippen molar-refractivity contribution in [3.05, 3.63) is 0 Å². The molecule has 0 bridgehead atoms. The van der Waals surface area contributed by atoms with Crippen LogP contribution in [0.25, 0.3) is 0 Å². The van der Waals surface area contributed by atoms with Gasteiger partial charge in [-0.25, -0.2) is 0 Å². The van der Waals surface area contributed by atoms with Crippen LogP contribution in [-0.4, -0.2) is 37.1 Å². The summed E-state index contributed by atoms with van der Waals surface area (Å²) in [7, 11) is 2.22. The van der Waals surface area contributed by atoms with Gasteiger partial charge in [0.15, 0.2) is 0 Å². The fraction of sp³-hybridized carbons (Fsp3) is 1.00. The van der Waals surface area contributed by atoms with E-state index in [2.05, 4.69) is 17.3 Å². The van der Waals surface area contributed by atoms with E-state index in [1.165, 1.54) is 51.6 Å². The van der Waals surface area contributed by atoms with Crippen molar-refractivity contribution in [3.63, 3.8) is 0 Å². The Morgan fingerprint density at radius 3 is 2.38 bits per heavy atom. The van der Waals surface area contributed by atoms with Gasteiger partial charge in [-0.15, -0.1) is 0 Å². The van der Waals surface area contributed by atoms with Crippen molar-refractivity contribution in [1.29, 1.82) is 0 Å². The first-order valence-corrected chi connectivity index (χ1v) is 5.79. The maximum Gasteiger partial charge on any atom is 0.0209 e. The largest absolute Gasteiger partial charge is 0.310 e. The molecule has 0 amide bonds. The van der Waals surface area contributed by atoms with E-state index in [0.29, 0.717) is 0 Å². The molecule has 0 unspecified atom stereocenters. The smallest absolute Gasteiger partial charge is 0.0209 e. The van der Waals surface area contributed by atoms with E-state index in [-0.39, 0.29) is 0 Å². The van der Waals surface area contributed by atoms with Gasteiger partial charge in [0.25, 0.3) is 0 Å². The summed E-state index contributed by atoms with van der Waals surface area (Å²) in [5, 5.41) is 3.81. The van der Waals surface area contributed by atoms with E-state index >= 15 is 0 Å². The molecular formula is C11H22N2. The molecule has 2 nitrogen and oxygen atoms in total. The molecule has 1 saturated carbocycles. The van der Waals surface area contributed by atoms with Crippen LogP contribution in [0.15, 0.2) is 0 Å². The summed E-state index contributed by atoms with van der Waals surface area (Å²) in [5.74, 6) is 0. The van der Waals surface area contributed by atoms with Crippen molar-refractivity contribution in [2.75, 3.05) is 20.1 Å². The summed E-state index contributed by atoms with van der Waals surface area (Å²) >= 11 is 0. The van der Waals surface area contributed by atoms with E-state index < -0.39 is 0 Å². The van der Waals surface area contributed by atoms with E-state index in [9.17, 15) is 0 Å². The predicted molar refractivity (Wildman–Crippen MR) is 55.9 cm³/mol. The van der Waals surface area contributed by atoms with Gasteiger partial charge in [-0.2, -0.15) is 0 Å². The normalized spacial score (nSPS) is 32.5. The van der Waals surface area contributed by atoms with Gasteiger partial charge in [0, 0.05) is 18.6 Å². The molecule has 76 valence electrons. The lowest BCUT2D eigenvalue weighted by Crippen LogP contribution is -2.40. The van der Waals surface area contributed by atoms with Crippen LogP contribution in [0.2, 0.25) is 0 Å². The fourth-order valence-electron chi connectivity index (χ4n) is 2.67. The third kappa shape index (κ3) is 2.68. The maximum absolute atomic E-state index is 3.81. The monoisotopic (exact) mass is 182 g/mol. The second-order valence-electron chi connectivity index (χ2n) is 4.75. The number of likely N-dealkylation sites (N-methyl/N-ethyl adjacent to an activating group) is 1. The molecule has 1 N–H and O–H groups in total. The van der Waals surface area contributed by atoms with Gasteiger partial charge in [-0.1, -0.05) is 19.3 Å². The van der Waals surface area contributed by atoms with Crippen LogP contribution in [0, 0.1) is 0 Å². The second kappa shape index (κ2) is 4.43. The number of nitrogens with zero attached hydrogens (tertiary/aromatic N) is 1. The van der Waals surface area contributed by atoms with Gasteiger partial charge in [0.1, 0.15) is 0 Å². The summed E-state index contributed by atoms with van der Waals surface area (Å²) in [6.07, 6.45) is 8.54. The van der Waals surface area contributed by atoms with Gasteiger partial charge in [0.2, 0.25) is 0 Å². The van der Waals surface area contributed by atoms with Crippen molar-refractivity contribution < 1.29 is 0 Å². The molecule has 1 heterocycles. The Labute approximate surface area is 81.7 Å². The average molecular weight is 182 g/mol. The Bertz CT molecular complexity index is 149. The number of hydrogen-bond donors (Lipinski definition) is 1. The van der Waals surface area contributed by atoms with Crippen LogP contribution < -0.4 is 5.32 Å². The van der Waals surface area contributed by atoms with Crippen LogP contribution in [0.1, 0.15) is 38.5 Å². The zero-order valence-corrected chi connectivity index (χ0v) is 8.76. The van der Waals surface area contributed by atoms with Gasteiger partial charge < -0.3 is 10.2 Å². The molecule has 1 aliphatic heterocycles. The Morgan fingerprint density at radius 2 is 1.77 bits per heavy atom. The summed E-state index contributed by atoms with van der Waals surface area (Å²) in [6.45, 7) is 2.54. The molecule has 1 atom stereocenters.